The van der Waals surface area contributed by atoms with E-state index < -0.39 is 17.0 Å². The van der Waals surface area contributed by atoms with Gasteiger partial charge in [0, 0.05) is 12.4 Å². The van der Waals surface area contributed by atoms with E-state index in [0.717, 1.165) is 10.1 Å². The Kier molecular flexibility index (Phi) is 5.82. The van der Waals surface area contributed by atoms with Crippen molar-refractivity contribution in [3.63, 3.8) is 0 Å². The number of hydrogen-bond acceptors (Lipinski definition) is 5. The van der Waals surface area contributed by atoms with Crippen molar-refractivity contribution < 1.29 is 14.3 Å². The zero-order chi connectivity index (χ0) is 21.0. The van der Waals surface area contributed by atoms with Crippen LogP contribution in [0.4, 0.5) is 5.69 Å². The molecule has 0 aliphatic carbocycles. The number of para-hydroxylation sites is 2. The van der Waals surface area contributed by atoms with Gasteiger partial charge in [-0.25, -0.2) is 0 Å². The summed E-state index contributed by atoms with van der Waals surface area (Å²) in [4.78, 5) is 37.5. The molecule has 1 amide bonds. The van der Waals surface area contributed by atoms with E-state index in [0.29, 0.717) is 22.9 Å². The van der Waals surface area contributed by atoms with Gasteiger partial charge in [-0.1, -0.05) is 18.2 Å². The fourth-order valence-corrected chi connectivity index (χ4v) is 2.90. The number of carbonyl (C=O) groups is 1. The molecule has 1 heterocycles. The lowest BCUT2D eigenvalue weighted by atomic mass is 10.2. The first-order valence-corrected chi connectivity index (χ1v) is 8.84. The van der Waals surface area contributed by atoms with Crippen LogP contribution < -0.4 is 25.9 Å². The summed E-state index contributed by atoms with van der Waals surface area (Å²) in [6.45, 7) is 1.56. The van der Waals surface area contributed by atoms with E-state index in [1.165, 1.54) is 31.2 Å². The quantitative estimate of drug-likeness (QED) is 0.645. The molecule has 0 aliphatic rings. The summed E-state index contributed by atoms with van der Waals surface area (Å²) in [5, 5.41) is 2.68. The van der Waals surface area contributed by atoms with Crippen LogP contribution in [0.1, 0.15) is 5.56 Å². The highest BCUT2D eigenvalue weighted by atomic mass is 16.5. The first-order chi connectivity index (χ1) is 13.9. The summed E-state index contributed by atoms with van der Waals surface area (Å²) in [6, 6.07) is 12.2. The molecule has 0 aliphatic heterocycles. The Morgan fingerprint density at radius 2 is 1.69 bits per heavy atom. The van der Waals surface area contributed by atoms with Gasteiger partial charge in [0.25, 0.3) is 0 Å². The highest BCUT2D eigenvalue weighted by Crippen LogP contribution is 2.23. The number of methoxy groups -OCH3 is 2. The van der Waals surface area contributed by atoms with Gasteiger partial charge in [-0.05, 0) is 36.8 Å². The summed E-state index contributed by atoms with van der Waals surface area (Å²) in [6.07, 6.45) is 2.84. The number of ether oxygens (including phenoxy) is 2. The lowest BCUT2D eigenvalue weighted by molar-refractivity contribution is -0.116. The standard InChI is InChI=1S/C21H21N3O5/c1-14-8-9-18(29-3)16(12-14)24-11-10-23(20(26)21(24)27)13-19(25)22-15-6-4-5-7-17(15)28-2/h4-12H,13H2,1-3H3,(H,22,25). The molecule has 8 heteroatoms. The average molecular weight is 395 g/mol. The van der Waals surface area contributed by atoms with Gasteiger partial charge in [0.15, 0.2) is 0 Å². The normalized spacial score (nSPS) is 10.4. The largest absolute Gasteiger partial charge is 0.495 e. The Bertz CT molecular complexity index is 1160. The van der Waals surface area contributed by atoms with Gasteiger partial charge in [0.1, 0.15) is 18.0 Å². The minimum absolute atomic E-state index is 0.308. The number of anilines is 1. The van der Waals surface area contributed by atoms with Crippen molar-refractivity contribution in [2.75, 3.05) is 19.5 Å². The maximum Gasteiger partial charge on any atom is 0.321 e. The molecule has 0 unspecified atom stereocenters. The Morgan fingerprint density at radius 1 is 0.966 bits per heavy atom. The van der Waals surface area contributed by atoms with Crippen LogP contribution in [0.15, 0.2) is 64.4 Å². The smallest absolute Gasteiger partial charge is 0.321 e. The van der Waals surface area contributed by atoms with Crippen LogP contribution in [-0.4, -0.2) is 29.3 Å². The van der Waals surface area contributed by atoms with Gasteiger partial charge >= 0.3 is 11.1 Å². The molecule has 3 aromatic rings. The number of nitrogens with one attached hydrogen (secondary N) is 1. The number of amides is 1. The molecule has 2 aromatic carbocycles. The summed E-state index contributed by atoms with van der Waals surface area (Å²) in [5.74, 6) is 0.501. The molecule has 1 N–H and O–H groups in total. The minimum atomic E-state index is -0.814. The molecular weight excluding hydrogens is 374 g/mol. The molecule has 0 saturated carbocycles. The molecule has 3 rings (SSSR count). The SMILES string of the molecule is COc1ccccc1NC(=O)Cn1ccn(-c2cc(C)ccc2OC)c(=O)c1=O. The van der Waals surface area contributed by atoms with Gasteiger partial charge in [0.05, 0.1) is 25.6 Å². The van der Waals surface area contributed by atoms with Crippen LogP contribution in [0.2, 0.25) is 0 Å². The summed E-state index contributed by atoms with van der Waals surface area (Å²) < 4.78 is 12.7. The summed E-state index contributed by atoms with van der Waals surface area (Å²) >= 11 is 0. The first-order valence-electron chi connectivity index (χ1n) is 8.84. The number of hydrogen-bond donors (Lipinski definition) is 1. The fourth-order valence-electron chi connectivity index (χ4n) is 2.90. The van der Waals surface area contributed by atoms with Crippen LogP contribution >= 0.6 is 0 Å². The van der Waals surface area contributed by atoms with Crippen molar-refractivity contribution in [1.82, 2.24) is 9.13 Å². The van der Waals surface area contributed by atoms with Gasteiger partial charge in [0.2, 0.25) is 5.91 Å². The van der Waals surface area contributed by atoms with E-state index in [-0.39, 0.29) is 6.54 Å². The Balaban J connectivity index is 1.89. The lowest BCUT2D eigenvalue weighted by Gasteiger charge is -2.13. The summed E-state index contributed by atoms with van der Waals surface area (Å²) in [7, 11) is 2.98. The summed E-state index contributed by atoms with van der Waals surface area (Å²) in [5.41, 5.74) is 0.256. The molecule has 0 radical (unpaired) electrons. The van der Waals surface area contributed by atoms with E-state index in [9.17, 15) is 14.4 Å². The van der Waals surface area contributed by atoms with Crippen LogP contribution in [0.25, 0.3) is 5.69 Å². The van der Waals surface area contributed by atoms with Gasteiger partial charge in [-0.2, -0.15) is 0 Å². The van der Waals surface area contributed by atoms with Gasteiger partial charge < -0.3 is 14.8 Å². The number of nitrogens with zero attached hydrogens (tertiary/aromatic N) is 2. The number of aromatic nitrogens is 2. The van der Waals surface area contributed by atoms with Crippen molar-refractivity contribution in [1.29, 1.82) is 0 Å². The third-order valence-corrected chi connectivity index (χ3v) is 4.35. The van der Waals surface area contributed by atoms with Crippen molar-refractivity contribution in [2.24, 2.45) is 0 Å². The second-order valence-electron chi connectivity index (χ2n) is 6.33. The highest BCUT2D eigenvalue weighted by Gasteiger charge is 2.14. The van der Waals surface area contributed by atoms with E-state index in [1.807, 2.05) is 13.0 Å². The molecule has 0 saturated heterocycles. The lowest BCUT2D eigenvalue weighted by Crippen LogP contribution is -2.41. The topological polar surface area (TPSA) is 91.6 Å². The maximum atomic E-state index is 12.6. The predicted molar refractivity (Wildman–Crippen MR) is 109 cm³/mol. The second kappa shape index (κ2) is 8.47. The molecule has 150 valence electrons. The van der Waals surface area contributed by atoms with E-state index in [1.54, 1.807) is 36.4 Å². The van der Waals surface area contributed by atoms with Gasteiger partial charge in [-0.3, -0.25) is 23.5 Å². The molecule has 0 fully saturated rings. The average Bonchev–Trinajstić information content (AvgIpc) is 2.72. The van der Waals surface area contributed by atoms with Crippen LogP contribution in [0, 0.1) is 6.92 Å². The van der Waals surface area contributed by atoms with Crippen molar-refractivity contribution in [3.8, 4) is 17.2 Å². The van der Waals surface area contributed by atoms with Crippen LogP contribution in [0.3, 0.4) is 0 Å². The van der Waals surface area contributed by atoms with Gasteiger partial charge in [-0.15, -0.1) is 0 Å². The van der Waals surface area contributed by atoms with Crippen molar-refractivity contribution in [2.45, 2.75) is 13.5 Å². The number of aryl methyl sites for hydroxylation is 1. The zero-order valence-corrected chi connectivity index (χ0v) is 16.3. The number of benzene rings is 2. The van der Waals surface area contributed by atoms with E-state index >= 15 is 0 Å². The molecule has 8 nitrogen and oxygen atoms in total. The van der Waals surface area contributed by atoms with Crippen LogP contribution in [-0.2, 0) is 11.3 Å². The van der Waals surface area contributed by atoms with E-state index in [2.05, 4.69) is 5.32 Å². The minimum Gasteiger partial charge on any atom is -0.495 e. The maximum absolute atomic E-state index is 12.6. The first kappa shape index (κ1) is 19.9. The molecule has 0 bridgehead atoms. The van der Waals surface area contributed by atoms with Crippen LogP contribution in [0.5, 0.6) is 11.5 Å². The third kappa shape index (κ3) is 4.21. The third-order valence-electron chi connectivity index (χ3n) is 4.35. The fraction of sp³-hybridized carbons (Fsp3) is 0.190. The molecule has 1 aromatic heterocycles. The number of rotatable bonds is 6. The monoisotopic (exact) mass is 395 g/mol. The molecule has 0 spiro atoms. The predicted octanol–water partition coefficient (Wildman–Crippen LogP) is 1.96. The van der Waals surface area contributed by atoms with E-state index in [4.69, 9.17) is 9.47 Å². The highest BCUT2D eigenvalue weighted by molar-refractivity contribution is 5.92. The Labute approximate surface area is 166 Å². The Hall–Kier alpha value is -3.81. The Morgan fingerprint density at radius 3 is 2.41 bits per heavy atom. The molecule has 0 atom stereocenters. The van der Waals surface area contributed by atoms with Crippen molar-refractivity contribution in [3.05, 3.63) is 81.1 Å². The van der Waals surface area contributed by atoms with Crippen molar-refractivity contribution >= 4 is 11.6 Å². The zero-order valence-electron chi connectivity index (χ0n) is 16.3. The molecule has 29 heavy (non-hydrogen) atoms. The second-order valence-corrected chi connectivity index (χ2v) is 6.33. The number of carbonyl (C=O) groups excluding carboxylic acids is 1. The molecular formula is C21H21N3O5.